The summed E-state index contributed by atoms with van der Waals surface area (Å²) in [6, 6.07) is 11.0. The maximum absolute atomic E-state index is 2.37. The van der Waals surface area contributed by atoms with Crippen molar-refractivity contribution in [3.63, 3.8) is 0 Å². The van der Waals surface area contributed by atoms with E-state index in [1.54, 1.807) is 5.19 Å². The van der Waals surface area contributed by atoms with E-state index in [2.05, 4.69) is 71.9 Å². The van der Waals surface area contributed by atoms with Gasteiger partial charge in [0, 0.05) is 19.8 Å². The molecule has 0 aromatic heterocycles. The van der Waals surface area contributed by atoms with E-state index in [0.29, 0.717) is 10.1 Å². The summed E-state index contributed by atoms with van der Waals surface area (Å²) in [4.78, 5) is 0. The molecule has 0 spiro atoms. The number of rotatable bonds is 1. The second kappa shape index (κ2) is 8.75. The van der Waals surface area contributed by atoms with Crippen molar-refractivity contribution in [1.29, 1.82) is 0 Å². The Balaban J connectivity index is -0.000000750. The van der Waals surface area contributed by atoms with E-state index in [0.717, 1.165) is 0 Å². The molecule has 102 valence electrons. The van der Waals surface area contributed by atoms with Crippen LogP contribution < -0.4 is 30.0 Å². The molecular formula is C14H23Cl2GaSi-2. The molecule has 0 atom stereocenters. The van der Waals surface area contributed by atoms with Gasteiger partial charge in [0.2, 0.25) is 0 Å². The summed E-state index contributed by atoms with van der Waals surface area (Å²) in [5.41, 5.74) is 0. The van der Waals surface area contributed by atoms with Crippen molar-refractivity contribution in [1.82, 2.24) is 0 Å². The molecule has 0 bridgehead atoms. The van der Waals surface area contributed by atoms with Gasteiger partial charge < -0.3 is 24.8 Å². The maximum Gasteiger partial charge on any atom is 0.0969 e. The molecule has 0 saturated heterocycles. The first-order valence-corrected chi connectivity index (χ1v) is 7.16. The summed E-state index contributed by atoms with van der Waals surface area (Å²) >= 11 is 0. The van der Waals surface area contributed by atoms with Gasteiger partial charge in [-0.2, -0.15) is 0 Å². The van der Waals surface area contributed by atoms with Crippen LogP contribution >= 0.6 is 0 Å². The van der Waals surface area contributed by atoms with Crippen LogP contribution in [0.1, 0.15) is 41.5 Å². The number of hydrogen-bond donors (Lipinski definition) is 0. The van der Waals surface area contributed by atoms with Gasteiger partial charge in [-0.15, -0.1) is 0 Å². The maximum atomic E-state index is 2.37. The first kappa shape index (κ1) is 23.7. The molecule has 0 N–H and O–H groups in total. The van der Waals surface area contributed by atoms with Gasteiger partial charge >= 0.3 is 0 Å². The van der Waals surface area contributed by atoms with Gasteiger partial charge in [-0.3, -0.25) is 0 Å². The predicted molar refractivity (Wildman–Crippen MR) is 77.0 cm³/mol. The molecule has 1 aromatic carbocycles. The molecule has 18 heavy (non-hydrogen) atoms. The van der Waals surface area contributed by atoms with E-state index in [-0.39, 0.29) is 44.6 Å². The van der Waals surface area contributed by atoms with Crippen molar-refractivity contribution >= 4 is 33.8 Å². The van der Waals surface area contributed by atoms with Crippen LogP contribution in [-0.4, -0.2) is 28.6 Å². The van der Waals surface area contributed by atoms with Crippen LogP contribution in [0.25, 0.3) is 0 Å². The fourth-order valence-electron chi connectivity index (χ4n) is 2.60. The van der Waals surface area contributed by atoms with Crippen LogP contribution in [0.2, 0.25) is 10.1 Å². The first-order valence-electron chi connectivity index (χ1n) is 5.66. The Morgan fingerprint density at radius 2 is 1.06 bits per heavy atom. The minimum Gasteiger partial charge on any atom is -1.00 e. The van der Waals surface area contributed by atoms with E-state index in [1.807, 2.05) is 0 Å². The molecular weight excluding hydrogens is 337 g/mol. The monoisotopic (exact) mass is 358 g/mol. The molecule has 0 nitrogen and oxygen atoms in total. The molecule has 0 fully saturated rings. The van der Waals surface area contributed by atoms with E-state index in [1.165, 1.54) is 0 Å². The number of benzene rings is 1. The number of hydrogen-bond acceptors (Lipinski definition) is 0. The Morgan fingerprint density at radius 1 is 0.722 bits per heavy atom. The molecule has 4 heteroatoms. The molecule has 0 unspecified atom stereocenters. The molecule has 1 aromatic rings. The third-order valence-electron chi connectivity index (χ3n) is 2.56. The van der Waals surface area contributed by atoms with Crippen molar-refractivity contribution in [2.45, 2.75) is 51.6 Å². The first-order chi connectivity index (χ1) is 6.73. The topological polar surface area (TPSA) is 0 Å². The van der Waals surface area contributed by atoms with Gasteiger partial charge in [-0.25, -0.2) is 0 Å². The molecule has 1 rings (SSSR count). The quantitative estimate of drug-likeness (QED) is 0.491. The smallest absolute Gasteiger partial charge is 0.0969 e. The van der Waals surface area contributed by atoms with Crippen LogP contribution in [0.4, 0.5) is 0 Å². The summed E-state index contributed by atoms with van der Waals surface area (Å²) in [6.07, 6.45) is 0. The third kappa shape index (κ3) is 6.71. The summed E-state index contributed by atoms with van der Waals surface area (Å²) in [7, 11) is -0.553. The van der Waals surface area contributed by atoms with Crippen LogP contribution in [0.3, 0.4) is 0 Å². The summed E-state index contributed by atoms with van der Waals surface area (Å²) in [5.74, 6) is 0. The van der Waals surface area contributed by atoms with E-state index in [4.69, 9.17) is 0 Å². The molecule has 0 heterocycles. The Bertz CT molecular complexity index is 301. The minimum atomic E-state index is -0.553. The van der Waals surface area contributed by atoms with E-state index in [9.17, 15) is 0 Å². The summed E-state index contributed by atoms with van der Waals surface area (Å²) < 4.78 is 0. The van der Waals surface area contributed by atoms with Crippen LogP contribution in [0.15, 0.2) is 30.3 Å². The summed E-state index contributed by atoms with van der Waals surface area (Å²) in [5, 5.41) is 2.37. The minimum absolute atomic E-state index is 0. The molecule has 0 aliphatic heterocycles. The van der Waals surface area contributed by atoms with E-state index >= 15 is 0 Å². The average Bonchev–Trinajstić information content (AvgIpc) is 2.00. The Kier molecular flexibility index (Phi) is 11.5. The van der Waals surface area contributed by atoms with Crippen LogP contribution in [0, 0.1) is 0 Å². The van der Waals surface area contributed by atoms with Crippen LogP contribution in [-0.2, 0) is 0 Å². The normalized spacial score (nSPS) is 11.1. The predicted octanol–water partition coefficient (Wildman–Crippen LogP) is -2.38. The summed E-state index contributed by atoms with van der Waals surface area (Å²) in [6.45, 7) is 14.2. The fourth-order valence-corrected chi connectivity index (χ4v) is 7.10. The van der Waals surface area contributed by atoms with Gasteiger partial charge in [0.05, 0.1) is 8.80 Å². The molecule has 0 aliphatic carbocycles. The second-order valence-corrected chi connectivity index (χ2v) is 10.6. The van der Waals surface area contributed by atoms with Gasteiger partial charge in [-0.1, -0.05) is 77.1 Å². The SMILES string of the molecule is CC(C)(C)[Si](c1ccccc1)C(C)(C)C.[Cl-].[Cl-].[Ga]. The van der Waals surface area contributed by atoms with Gasteiger partial charge in [0.25, 0.3) is 0 Å². The van der Waals surface area contributed by atoms with Crippen LogP contribution in [0.5, 0.6) is 0 Å². The molecule has 4 radical (unpaired) electrons. The zero-order chi connectivity index (χ0) is 11.7. The Labute approximate surface area is 140 Å². The fraction of sp³-hybridized carbons (Fsp3) is 0.571. The van der Waals surface area contributed by atoms with Crippen molar-refractivity contribution in [3.05, 3.63) is 30.3 Å². The molecule has 0 saturated carbocycles. The van der Waals surface area contributed by atoms with Crippen molar-refractivity contribution in [2.75, 3.05) is 0 Å². The van der Waals surface area contributed by atoms with Crippen molar-refractivity contribution in [3.8, 4) is 0 Å². The van der Waals surface area contributed by atoms with Crippen molar-refractivity contribution < 1.29 is 24.8 Å². The average molecular weight is 360 g/mol. The molecule has 0 amide bonds. The van der Waals surface area contributed by atoms with Gasteiger partial charge in [0.1, 0.15) is 0 Å². The van der Waals surface area contributed by atoms with E-state index < -0.39 is 8.80 Å². The van der Waals surface area contributed by atoms with Crippen molar-refractivity contribution in [2.24, 2.45) is 0 Å². The zero-order valence-corrected chi connectivity index (χ0v) is 17.2. The number of halogens is 2. The Morgan fingerprint density at radius 3 is 1.33 bits per heavy atom. The Hall–Kier alpha value is 0.653. The van der Waals surface area contributed by atoms with Gasteiger partial charge in [0.15, 0.2) is 0 Å². The second-order valence-electron chi connectivity index (χ2n) is 6.24. The largest absolute Gasteiger partial charge is 1.00 e. The van der Waals surface area contributed by atoms with Gasteiger partial charge in [-0.05, 0) is 10.1 Å². The zero-order valence-electron chi connectivity index (χ0n) is 12.2. The molecule has 0 aliphatic rings. The standard InChI is InChI=1S/C14H23Si.2ClH.Ga/c1-13(2,3)15(14(4,5)6)12-10-8-7-9-11-12;;;/h7-11H,1-6H3;2*1H;/p-2. The third-order valence-corrected chi connectivity index (χ3v) is 6.47.